The van der Waals surface area contributed by atoms with Crippen molar-refractivity contribution in [2.75, 3.05) is 12.4 Å². The highest BCUT2D eigenvalue weighted by molar-refractivity contribution is 6.42. The summed E-state index contributed by atoms with van der Waals surface area (Å²) in [6.07, 6.45) is 0. The molecule has 1 aromatic carbocycles. The maximum Gasteiger partial charge on any atom is 0.360 e. The Hall–Kier alpha value is -2.05. The highest BCUT2D eigenvalue weighted by Gasteiger charge is 2.22. The minimum Gasteiger partial charge on any atom is -0.464 e. The Morgan fingerprint density at radius 3 is 2.55 bits per heavy atom. The number of esters is 1. The minimum absolute atomic E-state index is 0.0379. The minimum atomic E-state index is -0.631. The second kappa shape index (κ2) is 6.37. The Kier molecular flexibility index (Phi) is 4.73. The fourth-order valence-corrected chi connectivity index (χ4v) is 2.12. The van der Waals surface area contributed by atoms with E-state index in [9.17, 15) is 9.59 Å². The molecular weight excluding hydrogens is 329 g/mol. The molecule has 1 heterocycles. The van der Waals surface area contributed by atoms with Crippen molar-refractivity contribution in [3.05, 3.63) is 45.2 Å². The first-order valence-corrected chi connectivity index (χ1v) is 6.99. The summed E-state index contributed by atoms with van der Waals surface area (Å²) in [5, 5.41) is 7.31. The first-order valence-electron chi connectivity index (χ1n) is 6.23. The second-order valence-corrected chi connectivity index (χ2v) is 5.32. The molecule has 0 fully saturated rings. The number of aryl methyl sites for hydroxylation is 1. The van der Waals surface area contributed by atoms with Gasteiger partial charge >= 0.3 is 5.97 Å². The first-order chi connectivity index (χ1) is 10.3. The SMILES string of the molecule is COC(=O)c1nn(C)c(C)c1NC(=O)c1ccc(Cl)c(Cl)c1. The van der Waals surface area contributed by atoms with E-state index in [1.165, 1.54) is 30.0 Å². The van der Waals surface area contributed by atoms with Crippen LogP contribution in [0.4, 0.5) is 5.69 Å². The molecule has 1 aromatic heterocycles. The lowest BCUT2D eigenvalue weighted by Crippen LogP contribution is -2.15. The normalized spacial score (nSPS) is 10.4. The fourth-order valence-electron chi connectivity index (χ4n) is 1.82. The molecule has 1 amide bonds. The summed E-state index contributed by atoms with van der Waals surface area (Å²) >= 11 is 11.7. The molecule has 0 spiro atoms. The number of hydrogen-bond donors (Lipinski definition) is 1. The van der Waals surface area contributed by atoms with Gasteiger partial charge in [-0.3, -0.25) is 9.48 Å². The summed E-state index contributed by atoms with van der Waals surface area (Å²) in [6.45, 7) is 1.73. The smallest absolute Gasteiger partial charge is 0.360 e. The third kappa shape index (κ3) is 3.08. The van der Waals surface area contributed by atoms with E-state index < -0.39 is 11.9 Å². The Morgan fingerprint density at radius 2 is 1.95 bits per heavy atom. The van der Waals surface area contributed by atoms with Crippen LogP contribution in [0.25, 0.3) is 0 Å². The molecule has 0 atom stereocenters. The molecule has 6 nitrogen and oxygen atoms in total. The summed E-state index contributed by atoms with van der Waals surface area (Å²) in [5.41, 5.74) is 1.27. The lowest BCUT2D eigenvalue weighted by Gasteiger charge is -2.07. The van der Waals surface area contributed by atoms with Crippen LogP contribution in [-0.4, -0.2) is 28.8 Å². The fraction of sp³-hybridized carbons (Fsp3) is 0.214. The van der Waals surface area contributed by atoms with E-state index in [1.807, 2.05) is 0 Å². The number of amides is 1. The van der Waals surface area contributed by atoms with Crippen molar-refractivity contribution < 1.29 is 14.3 Å². The molecule has 8 heteroatoms. The largest absolute Gasteiger partial charge is 0.464 e. The van der Waals surface area contributed by atoms with Gasteiger partial charge in [0.1, 0.15) is 0 Å². The van der Waals surface area contributed by atoms with E-state index >= 15 is 0 Å². The molecule has 0 saturated carbocycles. The van der Waals surface area contributed by atoms with Gasteiger partial charge in [0.05, 0.1) is 28.5 Å². The maximum atomic E-state index is 12.3. The van der Waals surface area contributed by atoms with Crippen LogP contribution in [-0.2, 0) is 11.8 Å². The average molecular weight is 342 g/mol. The van der Waals surface area contributed by atoms with Gasteiger partial charge in [0, 0.05) is 12.6 Å². The van der Waals surface area contributed by atoms with Gasteiger partial charge in [-0.2, -0.15) is 5.10 Å². The van der Waals surface area contributed by atoms with Crippen LogP contribution >= 0.6 is 23.2 Å². The number of methoxy groups -OCH3 is 1. The van der Waals surface area contributed by atoms with Gasteiger partial charge in [-0.1, -0.05) is 23.2 Å². The van der Waals surface area contributed by atoms with Gasteiger partial charge < -0.3 is 10.1 Å². The number of rotatable bonds is 3. The molecule has 0 unspecified atom stereocenters. The lowest BCUT2D eigenvalue weighted by atomic mass is 10.2. The van der Waals surface area contributed by atoms with Crippen LogP contribution in [0.2, 0.25) is 10.0 Å². The van der Waals surface area contributed by atoms with Gasteiger partial charge in [0.2, 0.25) is 0 Å². The molecule has 0 aliphatic heterocycles. The predicted molar refractivity (Wildman–Crippen MR) is 83.7 cm³/mol. The van der Waals surface area contributed by atoms with Crippen LogP contribution in [0.1, 0.15) is 26.5 Å². The number of halogens is 2. The Morgan fingerprint density at radius 1 is 1.27 bits per heavy atom. The zero-order valence-electron chi connectivity index (χ0n) is 12.1. The Balaban J connectivity index is 2.35. The Bertz CT molecular complexity index is 756. The summed E-state index contributed by atoms with van der Waals surface area (Å²) in [7, 11) is 2.91. The van der Waals surface area contributed by atoms with Gasteiger partial charge in [-0.05, 0) is 25.1 Å². The van der Waals surface area contributed by atoms with Crippen LogP contribution in [0.5, 0.6) is 0 Å². The summed E-state index contributed by atoms with van der Waals surface area (Å²) in [5.74, 6) is -1.06. The van der Waals surface area contributed by atoms with E-state index in [1.54, 1.807) is 14.0 Å². The third-order valence-electron chi connectivity index (χ3n) is 3.13. The number of anilines is 1. The molecular formula is C14H13Cl2N3O3. The van der Waals surface area contributed by atoms with Crippen molar-refractivity contribution in [1.82, 2.24) is 9.78 Å². The lowest BCUT2D eigenvalue weighted by molar-refractivity contribution is 0.0594. The molecule has 22 heavy (non-hydrogen) atoms. The molecule has 0 bridgehead atoms. The predicted octanol–water partition coefficient (Wildman–Crippen LogP) is 3.07. The standard InChI is InChI=1S/C14H13Cl2N3O3/c1-7-11(12(14(21)22-3)18-19(7)2)17-13(20)8-4-5-9(15)10(16)6-8/h4-6H,1-3H3,(H,17,20). The number of carbonyl (C=O) groups excluding carboxylic acids is 2. The van der Waals surface area contributed by atoms with Crippen molar-refractivity contribution >= 4 is 40.8 Å². The molecule has 0 aliphatic carbocycles. The van der Waals surface area contributed by atoms with Crippen LogP contribution < -0.4 is 5.32 Å². The first kappa shape index (κ1) is 16.3. The topological polar surface area (TPSA) is 73.2 Å². The molecule has 0 saturated heterocycles. The number of aromatic nitrogens is 2. The zero-order chi connectivity index (χ0) is 16.4. The van der Waals surface area contributed by atoms with Crippen molar-refractivity contribution in [2.24, 2.45) is 7.05 Å². The maximum absolute atomic E-state index is 12.3. The van der Waals surface area contributed by atoms with Gasteiger partial charge in [-0.25, -0.2) is 4.79 Å². The highest BCUT2D eigenvalue weighted by atomic mass is 35.5. The number of ether oxygens (including phenoxy) is 1. The highest BCUT2D eigenvalue weighted by Crippen LogP contribution is 2.25. The van der Waals surface area contributed by atoms with Crippen molar-refractivity contribution in [3.63, 3.8) is 0 Å². The van der Waals surface area contributed by atoms with Gasteiger partial charge in [-0.15, -0.1) is 0 Å². The summed E-state index contributed by atoms with van der Waals surface area (Å²) < 4.78 is 6.15. The van der Waals surface area contributed by atoms with Crippen LogP contribution in [0, 0.1) is 6.92 Å². The van der Waals surface area contributed by atoms with Crippen molar-refractivity contribution in [1.29, 1.82) is 0 Å². The molecule has 1 N–H and O–H groups in total. The van der Waals surface area contributed by atoms with E-state index in [-0.39, 0.29) is 10.7 Å². The molecule has 116 valence electrons. The second-order valence-electron chi connectivity index (χ2n) is 4.51. The third-order valence-corrected chi connectivity index (χ3v) is 3.87. The van der Waals surface area contributed by atoms with E-state index in [0.717, 1.165) is 0 Å². The summed E-state index contributed by atoms with van der Waals surface area (Å²) in [4.78, 5) is 24.0. The molecule has 2 aromatic rings. The number of nitrogens with zero attached hydrogens (tertiary/aromatic N) is 2. The van der Waals surface area contributed by atoms with Crippen molar-refractivity contribution in [2.45, 2.75) is 6.92 Å². The number of nitrogens with one attached hydrogen (secondary N) is 1. The molecule has 2 rings (SSSR count). The average Bonchev–Trinajstić information content (AvgIpc) is 2.77. The van der Waals surface area contributed by atoms with Crippen LogP contribution in [0.15, 0.2) is 18.2 Å². The van der Waals surface area contributed by atoms with E-state index in [4.69, 9.17) is 23.2 Å². The zero-order valence-corrected chi connectivity index (χ0v) is 13.6. The quantitative estimate of drug-likeness (QED) is 0.870. The monoisotopic (exact) mass is 341 g/mol. The summed E-state index contributed by atoms with van der Waals surface area (Å²) in [6, 6.07) is 4.51. The van der Waals surface area contributed by atoms with E-state index in [0.29, 0.717) is 22.0 Å². The van der Waals surface area contributed by atoms with Gasteiger partial charge in [0.25, 0.3) is 5.91 Å². The van der Waals surface area contributed by atoms with Gasteiger partial charge in [0.15, 0.2) is 5.69 Å². The molecule has 0 aliphatic rings. The van der Waals surface area contributed by atoms with Crippen molar-refractivity contribution in [3.8, 4) is 0 Å². The number of carbonyl (C=O) groups is 2. The number of benzene rings is 1. The van der Waals surface area contributed by atoms with Crippen LogP contribution in [0.3, 0.4) is 0 Å². The number of hydrogen-bond acceptors (Lipinski definition) is 4. The van der Waals surface area contributed by atoms with E-state index in [2.05, 4.69) is 15.2 Å². The Labute approximate surface area is 137 Å². The molecule has 0 radical (unpaired) electrons.